The number of hydrogen-bond donors (Lipinski definition) is 0. The molecule has 0 bridgehead atoms. The van der Waals surface area contributed by atoms with Crippen LogP contribution in [0, 0.1) is 0 Å². The third kappa shape index (κ3) is 5.15. The quantitative estimate of drug-likeness (QED) is 0.374. The zero-order chi connectivity index (χ0) is 22.9. The third-order valence-electron chi connectivity index (χ3n) is 7.30. The Morgan fingerprint density at radius 3 is 2.24 bits per heavy atom. The lowest BCUT2D eigenvalue weighted by molar-refractivity contribution is -0.0355. The van der Waals surface area contributed by atoms with E-state index in [0.29, 0.717) is 0 Å². The lowest BCUT2D eigenvalue weighted by Crippen LogP contribution is -2.54. The van der Waals surface area contributed by atoms with Crippen molar-refractivity contribution in [2.45, 2.75) is 68.2 Å². The number of benzene rings is 3. The van der Waals surface area contributed by atoms with E-state index in [-0.39, 0.29) is 11.1 Å². The number of thioether (sulfide) groups is 1. The van der Waals surface area contributed by atoms with Crippen LogP contribution in [0.4, 0.5) is 0 Å². The van der Waals surface area contributed by atoms with Crippen molar-refractivity contribution >= 4 is 11.8 Å². The van der Waals surface area contributed by atoms with Crippen LogP contribution >= 0.6 is 11.8 Å². The Morgan fingerprint density at radius 2 is 1.55 bits per heavy atom. The molecular formula is C30H35NOS. The Hall–Kier alpha value is -2.23. The van der Waals surface area contributed by atoms with E-state index in [4.69, 9.17) is 4.74 Å². The van der Waals surface area contributed by atoms with Crippen LogP contribution in [0.2, 0.25) is 0 Å². The van der Waals surface area contributed by atoms with Gasteiger partial charge in [-0.15, -0.1) is 11.8 Å². The zero-order valence-electron chi connectivity index (χ0n) is 20.1. The predicted molar refractivity (Wildman–Crippen MR) is 140 cm³/mol. The van der Waals surface area contributed by atoms with E-state index in [0.717, 1.165) is 50.3 Å². The Labute approximate surface area is 203 Å². The van der Waals surface area contributed by atoms with E-state index >= 15 is 0 Å². The van der Waals surface area contributed by atoms with Gasteiger partial charge in [0.1, 0.15) is 11.4 Å². The normalized spacial score (nSPS) is 18.0. The molecule has 0 atom stereocenters. The molecule has 0 radical (unpaired) electrons. The van der Waals surface area contributed by atoms with Gasteiger partial charge in [0.15, 0.2) is 0 Å². The van der Waals surface area contributed by atoms with E-state index in [1.54, 1.807) is 0 Å². The van der Waals surface area contributed by atoms with Crippen molar-refractivity contribution in [3.05, 3.63) is 83.9 Å². The highest BCUT2D eigenvalue weighted by Gasteiger charge is 2.41. The van der Waals surface area contributed by atoms with Gasteiger partial charge in [-0.25, -0.2) is 0 Å². The van der Waals surface area contributed by atoms with Crippen molar-refractivity contribution in [3.63, 3.8) is 0 Å². The molecule has 3 aromatic rings. The molecule has 5 rings (SSSR count). The molecule has 33 heavy (non-hydrogen) atoms. The Balaban J connectivity index is 1.23. The summed E-state index contributed by atoms with van der Waals surface area (Å²) in [5, 5.41) is 0. The van der Waals surface area contributed by atoms with Gasteiger partial charge < -0.3 is 4.74 Å². The first-order valence-electron chi connectivity index (χ1n) is 12.2. The van der Waals surface area contributed by atoms with E-state index < -0.39 is 0 Å². The first-order chi connectivity index (χ1) is 15.9. The first-order valence-corrected chi connectivity index (χ1v) is 13.2. The Bertz CT molecular complexity index is 1080. The highest BCUT2D eigenvalue weighted by Crippen LogP contribution is 2.41. The van der Waals surface area contributed by atoms with Gasteiger partial charge in [0.25, 0.3) is 0 Å². The highest BCUT2D eigenvalue weighted by atomic mass is 32.2. The number of aryl methyl sites for hydroxylation is 1. The molecule has 3 heteroatoms. The van der Waals surface area contributed by atoms with E-state index in [2.05, 4.69) is 98.5 Å². The molecule has 0 aliphatic carbocycles. The maximum atomic E-state index is 6.68. The molecule has 0 aromatic heterocycles. The monoisotopic (exact) mass is 457 g/mol. The summed E-state index contributed by atoms with van der Waals surface area (Å²) in [6, 6.07) is 26.4. The molecule has 172 valence electrons. The first kappa shape index (κ1) is 22.6. The fourth-order valence-electron chi connectivity index (χ4n) is 5.11. The topological polar surface area (TPSA) is 12.5 Å². The van der Waals surface area contributed by atoms with E-state index in [9.17, 15) is 0 Å². The summed E-state index contributed by atoms with van der Waals surface area (Å²) in [6.45, 7) is 9.21. The second-order valence-corrected chi connectivity index (χ2v) is 11.6. The summed E-state index contributed by atoms with van der Waals surface area (Å²) in [5.74, 6) is 2.10. The number of fused-ring (bicyclic) bond motifs is 1. The predicted octanol–water partition coefficient (Wildman–Crippen LogP) is 7.60. The summed E-state index contributed by atoms with van der Waals surface area (Å²) in [7, 11) is 0. The maximum absolute atomic E-state index is 6.68. The number of piperidine rings is 1. The highest BCUT2D eigenvalue weighted by molar-refractivity contribution is 7.98. The number of likely N-dealkylation sites (tertiary alicyclic amines) is 1. The van der Waals surface area contributed by atoms with Crippen LogP contribution < -0.4 is 4.74 Å². The van der Waals surface area contributed by atoms with Gasteiger partial charge in [-0.3, -0.25) is 4.90 Å². The average Bonchev–Trinajstić information content (AvgIpc) is 2.83. The molecule has 1 saturated heterocycles. The third-order valence-corrected chi connectivity index (χ3v) is 8.38. The van der Waals surface area contributed by atoms with E-state index in [1.165, 1.54) is 27.1 Å². The number of ether oxygens (including phenoxy) is 1. The Morgan fingerprint density at radius 1 is 0.848 bits per heavy atom. The van der Waals surface area contributed by atoms with Crippen molar-refractivity contribution in [1.29, 1.82) is 0 Å². The number of hydrogen-bond acceptors (Lipinski definition) is 3. The maximum Gasteiger partial charge on any atom is 0.123 e. The second-order valence-electron chi connectivity index (χ2n) is 10.6. The van der Waals surface area contributed by atoms with Crippen LogP contribution in [-0.4, -0.2) is 29.1 Å². The number of nitrogens with zero attached hydrogens (tertiary/aromatic N) is 1. The molecule has 2 heterocycles. The summed E-state index contributed by atoms with van der Waals surface area (Å²) >= 11 is 1.89. The smallest absolute Gasteiger partial charge is 0.123 e. The molecule has 2 nitrogen and oxygen atoms in total. The molecule has 1 fully saturated rings. The van der Waals surface area contributed by atoms with E-state index in [1.807, 2.05) is 11.8 Å². The minimum absolute atomic E-state index is 0.0360. The van der Waals surface area contributed by atoms with Crippen LogP contribution in [0.15, 0.2) is 77.7 Å². The largest absolute Gasteiger partial charge is 0.487 e. The molecule has 2 aliphatic heterocycles. The fraction of sp³-hybridized carbons (Fsp3) is 0.400. The molecule has 0 N–H and O–H groups in total. The molecule has 3 aromatic carbocycles. The second kappa shape index (κ2) is 9.19. The van der Waals surface area contributed by atoms with Gasteiger partial charge in [0, 0.05) is 29.3 Å². The van der Waals surface area contributed by atoms with Crippen molar-refractivity contribution in [2.75, 3.05) is 13.1 Å². The summed E-state index contributed by atoms with van der Waals surface area (Å²) in [5.41, 5.74) is 5.58. The van der Waals surface area contributed by atoms with Gasteiger partial charge in [-0.05, 0) is 93.0 Å². The van der Waals surface area contributed by atoms with Crippen LogP contribution in [0.3, 0.4) is 0 Å². The van der Waals surface area contributed by atoms with Crippen molar-refractivity contribution in [1.82, 2.24) is 4.90 Å². The van der Waals surface area contributed by atoms with Gasteiger partial charge >= 0.3 is 0 Å². The fourth-order valence-corrected chi connectivity index (χ4v) is 5.99. The molecule has 0 unspecified atom stereocenters. The van der Waals surface area contributed by atoms with Crippen LogP contribution in [-0.2, 0) is 12.2 Å². The van der Waals surface area contributed by atoms with Gasteiger partial charge in [0.2, 0.25) is 0 Å². The average molecular weight is 458 g/mol. The summed E-state index contributed by atoms with van der Waals surface area (Å²) in [4.78, 5) is 3.92. The SMILES string of the molecule is CC(C)(C)N1CCC2(CCc3cc(-c4ccc(CSc5ccccc5)cc4)ccc3O2)CC1. The molecule has 1 spiro atoms. The van der Waals surface area contributed by atoms with Crippen LogP contribution in [0.25, 0.3) is 11.1 Å². The van der Waals surface area contributed by atoms with Gasteiger partial charge in [-0.2, -0.15) is 0 Å². The number of rotatable bonds is 4. The van der Waals surface area contributed by atoms with Gasteiger partial charge in [0.05, 0.1) is 0 Å². The molecule has 2 aliphatic rings. The summed E-state index contributed by atoms with van der Waals surface area (Å²) < 4.78 is 6.68. The molecule has 0 saturated carbocycles. The van der Waals surface area contributed by atoms with Crippen molar-refractivity contribution in [3.8, 4) is 16.9 Å². The zero-order valence-corrected chi connectivity index (χ0v) is 21.0. The van der Waals surface area contributed by atoms with Crippen molar-refractivity contribution < 1.29 is 4.74 Å². The lowest BCUT2D eigenvalue weighted by atomic mass is 9.81. The minimum Gasteiger partial charge on any atom is -0.487 e. The summed E-state index contributed by atoms with van der Waals surface area (Å²) in [6.07, 6.45) is 4.52. The molecule has 0 amide bonds. The molecular weight excluding hydrogens is 422 g/mol. The minimum atomic E-state index is 0.0360. The standard InChI is InChI=1S/C30H35NOS/c1-29(2,3)31-19-17-30(18-20-31)16-15-26-21-25(13-14-28(26)32-30)24-11-9-23(10-12-24)22-33-27-7-5-4-6-8-27/h4-14,21H,15-20,22H2,1-3H3. The van der Waals surface area contributed by atoms with Crippen molar-refractivity contribution in [2.24, 2.45) is 0 Å². The van der Waals surface area contributed by atoms with Gasteiger partial charge in [-0.1, -0.05) is 48.5 Å². The van der Waals surface area contributed by atoms with Crippen LogP contribution in [0.1, 0.15) is 51.2 Å². The lowest BCUT2D eigenvalue weighted by Gasteiger charge is -2.48. The van der Waals surface area contributed by atoms with Crippen LogP contribution in [0.5, 0.6) is 5.75 Å². The Kier molecular flexibility index (Phi) is 6.28.